The zero-order chi connectivity index (χ0) is 16.5. The normalized spacial score (nSPS) is 11.5. The highest BCUT2D eigenvalue weighted by atomic mass is 32.2. The summed E-state index contributed by atoms with van der Waals surface area (Å²) in [5.41, 5.74) is 1.30. The molecule has 1 aromatic heterocycles. The molecule has 0 unspecified atom stereocenters. The van der Waals surface area contributed by atoms with Gasteiger partial charge in [0.25, 0.3) is 0 Å². The molecule has 0 aliphatic rings. The molecule has 2 aromatic rings. The molecule has 0 fully saturated rings. The maximum atomic E-state index is 4.37. The van der Waals surface area contributed by atoms with Gasteiger partial charge in [-0.2, -0.15) is 0 Å². The number of aliphatic imine (C=N–C) groups is 1. The van der Waals surface area contributed by atoms with Crippen molar-refractivity contribution in [3.8, 4) is 0 Å². The van der Waals surface area contributed by atoms with E-state index in [1.54, 1.807) is 18.4 Å². The van der Waals surface area contributed by atoms with Crippen molar-refractivity contribution in [1.82, 2.24) is 15.6 Å². The lowest BCUT2D eigenvalue weighted by Crippen LogP contribution is -2.39. The van der Waals surface area contributed by atoms with E-state index in [0.717, 1.165) is 31.2 Å². The fourth-order valence-electron chi connectivity index (χ4n) is 2.00. The molecule has 2 N–H and O–H groups in total. The number of benzene rings is 1. The molecule has 4 nitrogen and oxygen atoms in total. The van der Waals surface area contributed by atoms with E-state index >= 15 is 0 Å². The lowest BCUT2D eigenvalue weighted by Gasteiger charge is -2.11. The number of thiazole rings is 1. The van der Waals surface area contributed by atoms with Gasteiger partial charge in [0.1, 0.15) is 0 Å². The molecule has 124 valence electrons. The Hall–Kier alpha value is -1.53. The van der Waals surface area contributed by atoms with E-state index in [4.69, 9.17) is 0 Å². The number of aryl methyl sites for hydroxylation is 2. The summed E-state index contributed by atoms with van der Waals surface area (Å²) in [6, 6.07) is 8.64. The minimum absolute atomic E-state index is 0.845. The average Bonchev–Trinajstić information content (AvgIpc) is 2.97. The minimum Gasteiger partial charge on any atom is -0.356 e. The Balaban J connectivity index is 1.62. The Morgan fingerprint density at radius 2 is 1.91 bits per heavy atom. The number of nitrogens with one attached hydrogen (secondary N) is 2. The number of rotatable bonds is 7. The molecule has 23 heavy (non-hydrogen) atoms. The molecule has 0 aliphatic heterocycles. The van der Waals surface area contributed by atoms with Gasteiger partial charge in [-0.05, 0) is 26.0 Å². The highest BCUT2D eigenvalue weighted by molar-refractivity contribution is 7.99. The maximum absolute atomic E-state index is 4.37. The van der Waals surface area contributed by atoms with Crippen molar-refractivity contribution in [2.45, 2.75) is 25.2 Å². The summed E-state index contributed by atoms with van der Waals surface area (Å²) in [4.78, 5) is 11.2. The topological polar surface area (TPSA) is 49.3 Å². The van der Waals surface area contributed by atoms with Crippen LogP contribution in [0.25, 0.3) is 0 Å². The van der Waals surface area contributed by atoms with E-state index < -0.39 is 0 Å². The summed E-state index contributed by atoms with van der Waals surface area (Å²) >= 11 is 3.60. The van der Waals surface area contributed by atoms with E-state index in [1.165, 1.54) is 20.3 Å². The monoisotopic (exact) mass is 348 g/mol. The number of aromatic nitrogens is 1. The van der Waals surface area contributed by atoms with Crippen molar-refractivity contribution in [2.75, 3.05) is 25.9 Å². The fraction of sp³-hybridized carbons (Fsp3) is 0.412. The van der Waals surface area contributed by atoms with E-state index in [0.29, 0.717) is 0 Å². The first-order valence-electron chi connectivity index (χ1n) is 7.72. The minimum atomic E-state index is 0.845. The fourth-order valence-corrected chi connectivity index (χ4v) is 3.55. The van der Waals surface area contributed by atoms with Gasteiger partial charge >= 0.3 is 0 Å². The van der Waals surface area contributed by atoms with Crippen LogP contribution in [-0.2, 0) is 6.42 Å². The van der Waals surface area contributed by atoms with Gasteiger partial charge in [0.15, 0.2) is 5.96 Å². The van der Waals surface area contributed by atoms with Crippen LogP contribution in [0.4, 0.5) is 0 Å². The molecular formula is C17H24N4S2. The molecule has 1 aromatic carbocycles. The molecule has 0 amide bonds. The van der Waals surface area contributed by atoms with Gasteiger partial charge in [-0.25, -0.2) is 4.98 Å². The van der Waals surface area contributed by atoms with Crippen LogP contribution in [0.15, 0.2) is 40.4 Å². The number of thioether (sulfide) groups is 1. The van der Waals surface area contributed by atoms with E-state index in [9.17, 15) is 0 Å². The van der Waals surface area contributed by atoms with Gasteiger partial charge in [0.2, 0.25) is 0 Å². The summed E-state index contributed by atoms with van der Waals surface area (Å²) in [6.07, 6.45) is 2.85. The zero-order valence-corrected chi connectivity index (χ0v) is 15.6. The van der Waals surface area contributed by atoms with E-state index in [1.807, 2.05) is 18.0 Å². The predicted octanol–water partition coefficient (Wildman–Crippen LogP) is 3.26. The standard InChI is InChI=1S/C17H24N4S2/c1-13-4-6-15(7-5-13)22-11-10-20-17(18-3)19-9-8-16-21-12-14(2)23-16/h4-7,12H,8-11H2,1-3H3,(H2,18,19,20). The molecule has 0 radical (unpaired) electrons. The van der Waals surface area contributed by atoms with Crippen LogP contribution in [0.1, 0.15) is 15.4 Å². The first-order chi connectivity index (χ1) is 11.2. The first-order valence-corrected chi connectivity index (χ1v) is 9.53. The van der Waals surface area contributed by atoms with Crippen LogP contribution >= 0.6 is 23.1 Å². The van der Waals surface area contributed by atoms with Gasteiger partial charge in [0, 0.05) is 48.3 Å². The largest absolute Gasteiger partial charge is 0.356 e. The Morgan fingerprint density at radius 1 is 1.17 bits per heavy atom. The van der Waals surface area contributed by atoms with Crippen LogP contribution < -0.4 is 10.6 Å². The van der Waals surface area contributed by atoms with Crippen molar-refractivity contribution in [2.24, 2.45) is 4.99 Å². The molecule has 0 saturated heterocycles. The quantitative estimate of drug-likeness (QED) is 0.349. The number of guanidine groups is 1. The molecule has 2 rings (SSSR count). The van der Waals surface area contributed by atoms with Crippen molar-refractivity contribution in [3.63, 3.8) is 0 Å². The Morgan fingerprint density at radius 3 is 2.57 bits per heavy atom. The van der Waals surface area contributed by atoms with Crippen LogP contribution in [0, 0.1) is 13.8 Å². The summed E-state index contributed by atoms with van der Waals surface area (Å²) in [6.45, 7) is 5.92. The van der Waals surface area contributed by atoms with Crippen LogP contribution in [-0.4, -0.2) is 36.8 Å². The number of nitrogens with zero attached hydrogens (tertiary/aromatic N) is 2. The first kappa shape index (κ1) is 17.8. The van der Waals surface area contributed by atoms with E-state index in [2.05, 4.69) is 58.7 Å². The Labute approximate surface area is 146 Å². The highest BCUT2D eigenvalue weighted by Gasteiger charge is 2.01. The lowest BCUT2D eigenvalue weighted by molar-refractivity contribution is 0.808. The third-order valence-corrected chi connectivity index (χ3v) is 5.19. The Kier molecular flexibility index (Phi) is 7.42. The molecule has 0 aliphatic carbocycles. The number of hydrogen-bond donors (Lipinski definition) is 2. The van der Waals surface area contributed by atoms with Gasteiger partial charge in [-0.15, -0.1) is 23.1 Å². The summed E-state index contributed by atoms with van der Waals surface area (Å²) in [5, 5.41) is 7.84. The average molecular weight is 349 g/mol. The molecule has 0 spiro atoms. The second kappa shape index (κ2) is 9.57. The molecular weight excluding hydrogens is 324 g/mol. The lowest BCUT2D eigenvalue weighted by atomic mass is 10.2. The highest BCUT2D eigenvalue weighted by Crippen LogP contribution is 2.17. The van der Waals surface area contributed by atoms with Crippen molar-refractivity contribution in [3.05, 3.63) is 45.9 Å². The Bertz CT molecular complexity index is 620. The molecule has 6 heteroatoms. The van der Waals surface area contributed by atoms with Crippen LogP contribution in [0.3, 0.4) is 0 Å². The summed E-state index contributed by atoms with van der Waals surface area (Å²) < 4.78 is 0. The van der Waals surface area contributed by atoms with Crippen LogP contribution in [0.2, 0.25) is 0 Å². The van der Waals surface area contributed by atoms with Gasteiger partial charge < -0.3 is 10.6 Å². The zero-order valence-electron chi connectivity index (χ0n) is 13.9. The third kappa shape index (κ3) is 6.62. The molecule has 1 heterocycles. The van der Waals surface area contributed by atoms with Crippen molar-refractivity contribution in [1.29, 1.82) is 0 Å². The molecule has 0 bridgehead atoms. The predicted molar refractivity (Wildman–Crippen MR) is 102 cm³/mol. The van der Waals surface area contributed by atoms with Gasteiger partial charge in [0.05, 0.1) is 5.01 Å². The smallest absolute Gasteiger partial charge is 0.191 e. The second-order valence-corrected chi connectivity index (χ2v) is 7.69. The summed E-state index contributed by atoms with van der Waals surface area (Å²) in [5.74, 6) is 1.86. The van der Waals surface area contributed by atoms with Crippen molar-refractivity contribution < 1.29 is 0 Å². The van der Waals surface area contributed by atoms with Crippen molar-refractivity contribution >= 4 is 29.1 Å². The SMILES string of the molecule is CN=C(NCCSc1ccc(C)cc1)NCCc1ncc(C)s1. The third-order valence-electron chi connectivity index (χ3n) is 3.21. The van der Waals surface area contributed by atoms with Gasteiger partial charge in [-0.1, -0.05) is 17.7 Å². The van der Waals surface area contributed by atoms with Gasteiger partial charge in [-0.3, -0.25) is 4.99 Å². The number of hydrogen-bond acceptors (Lipinski definition) is 4. The maximum Gasteiger partial charge on any atom is 0.191 e. The molecule has 0 atom stereocenters. The second-order valence-electron chi connectivity index (χ2n) is 5.20. The summed E-state index contributed by atoms with van der Waals surface area (Å²) in [7, 11) is 1.80. The van der Waals surface area contributed by atoms with E-state index in [-0.39, 0.29) is 0 Å². The molecule has 0 saturated carbocycles. The van der Waals surface area contributed by atoms with Crippen LogP contribution in [0.5, 0.6) is 0 Å².